The molecule has 2 N–H and O–H groups in total. The molecule has 2 saturated heterocycles. The fourth-order valence-electron chi connectivity index (χ4n) is 4.75. The van der Waals surface area contributed by atoms with Crippen LogP contribution in [0.2, 0.25) is 5.02 Å². The second-order valence-electron chi connectivity index (χ2n) is 8.62. The molecule has 4 rings (SSSR count). The number of benzene rings is 1. The molecule has 1 aromatic heterocycles. The van der Waals surface area contributed by atoms with Gasteiger partial charge in [0.1, 0.15) is 11.5 Å². The number of hydrogen-bond acceptors (Lipinski definition) is 7. The van der Waals surface area contributed by atoms with Crippen LogP contribution < -0.4 is 0 Å². The number of carbonyl (C=O) groups is 3. The fraction of sp³-hybridized carbons (Fsp3) is 0.400. The molecule has 1 amide bonds. The lowest BCUT2D eigenvalue weighted by Crippen LogP contribution is -2.42. The lowest BCUT2D eigenvalue weighted by atomic mass is 9.94. The Morgan fingerprint density at radius 3 is 2.60 bits per heavy atom. The number of aryl methyl sites for hydroxylation is 1. The first-order valence-electron chi connectivity index (χ1n) is 11.4. The molecule has 2 aliphatic rings. The van der Waals surface area contributed by atoms with E-state index in [1.54, 1.807) is 38.1 Å². The molecule has 0 radical (unpaired) electrons. The summed E-state index contributed by atoms with van der Waals surface area (Å²) in [7, 11) is 1.26. The van der Waals surface area contributed by atoms with E-state index in [0.717, 1.165) is 13.1 Å². The first-order valence-corrected chi connectivity index (χ1v) is 11.7. The number of hydrogen-bond donors (Lipinski definition) is 2. The number of morpholine rings is 1. The number of ether oxygens (including phenoxy) is 2. The van der Waals surface area contributed by atoms with Gasteiger partial charge in [0.15, 0.2) is 0 Å². The molecule has 0 spiro atoms. The van der Waals surface area contributed by atoms with Gasteiger partial charge in [-0.05, 0) is 37.1 Å². The van der Waals surface area contributed by atoms with Crippen molar-refractivity contribution in [2.75, 3.05) is 46.5 Å². The lowest BCUT2D eigenvalue weighted by Gasteiger charge is -2.31. The van der Waals surface area contributed by atoms with E-state index in [1.165, 1.54) is 12.0 Å². The van der Waals surface area contributed by atoms with Crippen LogP contribution in [0.4, 0.5) is 0 Å². The summed E-state index contributed by atoms with van der Waals surface area (Å²) in [6, 6.07) is 6.07. The number of esters is 1. The monoisotopic (exact) mass is 501 g/mol. The Balaban J connectivity index is 1.80. The number of methoxy groups -OCH3 is 1. The molecule has 0 saturated carbocycles. The van der Waals surface area contributed by atoms with Crippen molar-refractivity contribution in [3.8, 4) is 0 Å². The van der Waals surface area contributed by atoms with Crippen LogP contribution >= 0.6 is 11.6 Å². The van der Waals surface area contributed by atoms with Gasteiger partial charge >= 0.3 is 5.97 Å². The van der Waals surface area contributed by atoms with Gasteiger partial charge in [0.05, 0.1) is 31.9 Å². The number of nitrogens with one attached hydrogen (secondary N) is 1. The zero-order chi connectivity index (χ0) is 25.3. The lowest BCUT2D eigenvalue weighted by molar-refractivity contribution is -0.140. The maximum Gasteiger partial charge on any atom is 0.354 e. The minimum atomic E-state index is -0.829. The summed E-state index contributed by atoms with van der Waals surface area (Å²) in [6.45, 7) is 6.88. The van der Waals surface area contributed by atoms with Crippen LogP contribution in [0.3, 0.4) is 0 Å². The Bertz CT molecular complexity index is 1200. The molecule has 2 aromatic rings. The van der Waals surface area contributed by atoms with E-state index in [-0.39, 0.29) is 23.6 Å². The van der Waals surface area contributed by atoms with Crippen molar-refractivity contribution in [1.29, 1.82) is 0 Å². The van der Waals surface area contributed by atoms with Gasteiger partial charge in [-0.1, -0.05) is 23.7 Å². The number of rotatable bonds is 6. The quantitative estimate of drug-likeness (QED) is 0.271. The summed E-state index contributed by atoms with van der Waals surface area (Å²) in [5, 5.41) is 11.9. The molecular weight excluding hydrogens is 474 g/mol. The summed E-state index contributed by atoms with van der Waals surface area (Å²) in [4.78, 5) is 45.2. The van der Waals surface area contributed by atoms with E-state index in [1.807, 2.05) is 0 Å². The third kappa shape index (κ3) is 4.71. The molecule has 186 valence electrons. The first-order chi connectivity index (χ1) is 16.7. The molecule has 1 aromatic carbocycles. The highest BCUT2D eigenvalue weighted by Gasteiger charge is 2.46. The molecule has 9 nitrogen and oxygen atoms in total. The van der Waals surface area contributed by atoms with Gasteiger partial charge < -0.3 is 24.5 Å². The second kappa shape index (κ2) is 10.2. The van der Waals surface area contributed by atoms with E-state index in [2.05, 4.69) is 9.88 Å². The van der Waals surface area contributed by atoms with E-state index in [0.29, 0.717) is 47.2 Å². The predicted octanol–water partition coefficient (Wildman–Crippen LogP) is 2.83. The number of halogens is 1. The van der Waals surface area contributed by atoms with Crippen LogP contribution in [-0.2, 0) is 19.1 Å². The van der Waals surface area contributed by atoms with Gasteiger partial charge in [-0.2, -0.15) is 0 Å². The number of amides is 1. The van der Waals surface area contributed by atoms with Gasteiger partial charge in [-0.15, -0.1) is 0 Å². The van der Waals surface area contributed by atoms with E-state index < -0.39 is 23.7 Å². The number of carbonyl (C=O) groups excluding carboxylic acids is 3. The summed E-state index contributed by atoms with van der Waals surface area (Å²) in [5.41, 5.74) is 1.94. The molecule has 35 heavy (non-hydrogen) atoms. The van der Waals surface area contributed by atoms with E-state index in [4.69, 9.17) is 21.1 Å². The first kappa shape index (κ1) is 25.0. The van der Waals surface area contributed by atoms with Gasteiger partial charge in [0.25, 0.3) is 11.7 Å². The summed E-state index contributed by atoms with van der Waals surface area (Å²) < 4.78 is 10.2. The molecule has 10 heteroatoms. The van der Waals surface area contributed by atoms with Crippen molar-refractivity contribution in [1.82, 2.24) is 14.8 Å². The van der Waals surface area contributed by atoms with Crippen molar-refractivity contribution in [2.24, 2.45) is 0 Å². The minimum absolute atomic E-state index is 0.0409. The van der Waals surface area contributed by atoms with Gasteiger partial charge in [0, 0.05) is 42.5 Å². The van der Waals surface area contributed by atoms with Crippen molar-refractivity contribution in [3.63, 3.8) is 0 Å². The van der Waals surface area contributed by atoms with Crippen LogP contribution in [-0.4, -0.2) is 84.1 Å². The molecule has 2 fully saturated rings. The van der Waals surface area contributed by atoms with Crippen LogP contribution in [0.5, 0.6) is 0 Å². The Kier molecular flexibility index (Phi) is 7.30. The predicted molar refractivity (Wildman–Crippen MR) is 129 cm³/mol. The summed E-state index contributed by atoms with van der Waals surface area (Å²) >= 11 is 6.25. The highest BCUT2D eigenvalue weighted by molar-refractivity contribution is 6.46. The average molecular weight is 502 g/mol. The van der Waals surface area contributed by atoms with Crippen LogP contribution in [0.25, 0.3) is 5.76 Å². The smallest absolute Gasteiger partial charge is 0.354 e. The maximum absolute atomic E-state index is 13.3. The molecular formula is C25H28ClN3O6. The topological polar surface area (TPSA) is 112 Å². The van der Waals surface area contributed by atoms with Crippen LogP contribution in [0.15, 0.2) is 29.8 Å². The number of aliphatic hydroxyl groups excluding tert-OH is 1. The van der Waals surface area contributed by atoms with Crippen LogP contribution in [0, 0.1) is 13.8 Å². The van der Waals surface area contributed by atoms with Crippen molar-refractivity contribution in [2.45, 2.75) is 19.9 Å². The minimum Gasteiger partial charge on any atom is -0.507 e. The Morgan fingerprint density at radius 2 is 1.94 bits per heavy atom. The number of H-pyrrole nitrogens is 1. The zero-order valence-electron chi connectivity index (χ0n) is 19.9. The number of aromatic amines is 1. The zero-order valence-corrected chi connectivity index (χ0v) is 20.6. The summed E-state index contributed by atoms with van der Waals surface area (Å²) in [5.74, 6) is -2.41. The normalized spacial score (nSPS) is 20.5. The van der Waals surface area contributed by atoms with Gasteiger partial charge in [-0.25, -0.2) is 4.79 Å². The highest BCUT2D eigenvalue weighted by Crippen LogP contribution is 2.41. The third-order valence-corrected chi connectivity index (χ3v) is 6.76. The van der Waals surface area contributed by atoms with Crippen molar-refractivity contribution >= 4 is 35.0 Å². The van der Waals surface area contributed by atoms with Crippen molar-refractivity contribution in [3.05, 3.63) is 62.9 Å². The Hall–Kier alpha value is -3.14. The average Bonchev–Trinajstić information content (AvgIpc) is 3.29. The molecule has 3 heterocycles. The molecule has 0 bridgehead atoms. The van der Waals surface area contributed by atoms with Gasteiger partial charge in [-0.3, -0.25) is 14.5 Å². The standard InChI is InChI=1S/C25H28ClN3O6/c1-14-18(15(2)27-20(14)25(33)34-3)22(30)19-21(16-5-4-6-17(26)13-16)29(24(32)23(19)31)8-7-28-9-11-35-12-10-28/h4-6,13,21,27,30H,7-12H2,1-3H3/t21-/m1/s1. The third-order valence-electron chi connectivity index (χ3n) is 6.53. The number of Topliss-reactive ketones (excluding diaryl/α,β-unsaturated/α-hetero) is 1. The van der Waals surface area contributed by atoms with Crippen molar-refractivity contribution < 1.29 is 29.0 Å². The number of aromatic nitrogens is 1. The van der Waals surface area contributed by atoms with Gasteiger partial charge in [0.2, 0.25) is 0 Å². The Morgan fingerprint density at radius 1 is 1.23 bits per heavy atom. The summed E-state index contributed by atoms with van der Waals surface area (Å²) in [6.07, 6.45) is 0. The number of likely N-dealkylation sites (tertiary alicyclic amines) is 1. The van der Waals surface area contributed by atoms with Crippen LogP contribution in [0.1, 0.15) is 38.9 Å². The highest BCUT2D eigenvalue weighted by atomic mass is 35.5. The van der Waals surface area contributed by atoms with E-state index >= 15 is 0 Å². The SMILES string of the molecule is COC(=O)c1[nH]c(C)c(C(O)=C2C(=O)C(=O)N(CCN3CCOCC3)[C@@H]2c2cccc(Cl)c2)c1C. The molecule has 1 atom stereocenters. The molecule has 0 unspecified atom stereocenters. The Labute approximate surface area is 208 Å². The van der Waals surface area contributed by atoms with E-state index in [9.17, 15) is 19.5 Å². The largest absolute Gasteiger partial charge is 0.507 e. The molecule has 0 aliphatic carbocycles. The number of aliphatic hydroxyl groups is 1. The molecule has 2 aliphatic heterocycles. The number of nitrogens with zero attached hydrogens (tertiary/aromatic N) is 2. The maximum atomic E-state index is 13.3. The fourth-order valence-corrected chi connectivity index (χ4v) is 4.95. The second-order valence-corrected chi connectivity index (χ2v) is 9.05. The number of ketones is 1.